The van der Waals surface area contributed by atoms with Crippen LogP contribution in [-0.2, 0) is 14.8 Å². The van der Waals surface area contributed by atoms with Crippen LogP contribution in [0.5, 0.6) is 0 Å². The van der Waals surface area contributed by atoms with Gasteiger partial charge in [0.25, 0.3) is 0 Å². The van der Waals surface area contributed by atoms with Crippen molar-refractivity contribution in [2.24, 2.45) is 17.6 Å². The zero-order valence-electron chi connectivity index (χ0n) is 13.2. The summed E-state index contributed by atoms with van der Waals surface area (Å²) in [4.78, 5) is 13.1. The lowest BCUT2D eigenvalue weighted by Gasteiger charge is -2.19. The molecule has 2 aliphatic rings. The quantitative estimate of drug-likeness (QED) is 0.752. The van der Waals surface area contributed by atoms with Gasteiger partial charge in [0.05, 0.1) is 23.1 Å². The van der Waals surface area contributed by atoms with Crippen molar-refractivity contribution in [1.29, 1.82) is 5.26 Å². The first-order valence-corrected chi connectivity index (χ1v) is 9.40. The van der Waals surface area contributed by atoms with E-state index < -0.39 is 15.9 Å². The number of nitriles is 1. The van der Waals surface area contributed by atoms with Crippen LogP contribution >= 0.6 is 0 Å². The van der Waals surface area contributed by atoms with E-state index in [1.807, 2.05) is 11.0 Å². The topological polar surface area (TPSA) is 116 Å². The molecule has 1 saturated heterocycles. The number of carbonyl (C=O) groups excluding carboxylic acids is 1. The van der Waals surface area contributed by atoms with Crippen LogP contribution in [0.15, 0.2) is 29.2 Å². The van der Waals surface area contributed by atoms with Crippen LogP contribution in [0.2, 0.25) is 0 Å². The summed E-state index contributed by atoms with van der Waals surface area (Å²) in [6.45, 7) is 1.30. The Bertz CT molecular complexity index is 783. The molecule has 0 radical (unpaired) electrons. The molecule has 1 aromatic rings. The number of nitrogens with zero attached hydrogens (tertiary/aromatic N) is 2. The highest BCUT2D eigenvalue weighted by Gasteiger charge is 2.44. The lowest BCUT2D eigenvalue weighted by molar-refractivity contribution is -0.118. The molecule has 1 aliphatic carbocycles. The molecule has 1 saturated carbocycles. The number of hydrogen-bond donors (Lipinski definition) is 2. The summed E-state index contributed by atoms with van der Waals surface area (Å²) in [5.41, 5.74) is 5.56. The van der Waals surface area contributed by atoms with Crippen LogP contribution in [0, 0.1) is 23.2 Å². The summed E-state index contributed by atoms with van der Waals surface area (Å²) in [5, 5.41) is 8.94. The zero-order chi connectivity index (χ0) is 17.3. The van der Waals surface area contributed by atoms with Crippen LogP contribution in [0.25, 0.3) is 0 Å². The molecule has 24 heavy (non-hydrogen) atoms. The number of benzene rings is 1. The fraction of sp³-hybridized carbons (Fsp3) is 0.500. The molecule has 0 aromatic heterocycles. The molecule has 0 unspecified atom stereocenters. The first-order valence-electron chi connectivity index (χ1n) is 7.92. The maximum Gasteiger partial charge on any atom is 0.240 e. The standard InChI is InChI=1S/C16H20N4O3S/c17-7-11-2-1-3-13(6-11)24(22,23)19-15-9-20(10-16(18)21)8-14(15)12-4-5-12/h1-3,6,12,14-15,19H,4-5,8-10H2,(H2,18,21)/t14-,15+/m1/s1. The summed E-state index contributed by atoms with van der Waals surface area (Å²) in [6, 6.07) is 7.67. The number of carbonyl (C=O) groups is 1. The van der Waals surface area contributed by atoms with Gasteiger partial charge in [-0.05, 0) is 42.9 Å². The molecule has 128 valence electrons. The van der Waals surface area contributed by atoms with E-state index in [2.05, 4.69) is 4.72 Å². The predicted octanol–water partition coefficient (Wildman–Crippen LogP) is 0.0323. The number of amides is 1. The van der Waals surface area contributed by atoms with Crippen LogP contribution in [0.4, 0.5) is 0 Å². The van der Waals surface area contributed by atoms with Crippen molar-refractivity contribution in [1.82, 2.24) is 9.62 Å². The van der Waals surface area contributed by atoms with Crippen LogP contribution in [-0.4, -0.2) is 44.9 Å². The van der Waals surface area contributed by atoms with Crippen molar-refractivity contribution >= 4 is 15.9 Å². The minimum Gasteiger partial charge on any atom is -0.369 e. The van der Waals surface area contributed by atoms with Crippen molar-refractivity contribution in [2.45, 2.75) is 23.8 Å². The van der Waals surface area contributed by atoms with Gasteiger partial charge in [0.1, 0.15) is 0 Å². The first-order chi connectivity index (χ1) is 11.4. The number of rotatable bonds is 6. The van der Waals surface area contributed by atoms with Gasteiger partial charge in [-0.25, -0.2) is 13.1 Å². The Morgan fingerprint density at radius 1 is 1.38 bits per heavy atom. The molecule has 1 amide bonds. The van der Waals surface area contributed by atoms with Gasteiger partial charge >= 0.3 is 0 Å². The molecule has 2 fully saturated rings. The van der Waals surface area contributed by atoms with Crippen molar-refractivity contribution in [2.75, 3.05) is 19.6 Å². The van der Waals surface area contributed by atoms with Crippen molar-refractivity contribution in [3.05, 3.63) is 29.8 Å². The van der Waals surface area contributed by atoms with Gasteiger partial charge in [0.2, 0.25) is 15.9 Å². The van der Waals surface area contributed by atoms with Gasteiger partial charge in [-0.15, -0.1) is 0 Å². The molecule has 0 spiro atoms. The molecule has 8 heteroatoms. The van der Waals surface area contributed by atoms with Gasteiger partial charge < -0.3 is 5.73 Å². The van der Waals surface area contributed by atoms with E-state index in [0.717, 1.165) is 12.8 Å². The highest BCUT2D eigenvalue weighted by Crippen LogP contribution is 2.41. The number of hydrogen-bond acceptors (Lipinski definition) is 5. The number of nitrogens with one attached hydrogen (secondary N) is 1. The fourth-order valence-corrected chi connectivity index (χ4v) is 4.71. The Kier molecular flexibility index (Phi) is 4.58. The Hall–Kier alpha value is -1.95. The van der Waals surface area contributed by atoms with Gasteiger partial charge in [-0.2, -0.15) is 5.26 Å². The van der Waals surface area contributed by atoms with E-state index in [4.69, 9.17) is 11.0 Å². The van der Waals surface area contributed by atoms with Gasteiger partial charge in [-0.3, -0.25) is 9.69 Å². The second-order valence-electron chi connectivity index (χ2n) is 6.53. The number of nitrogens with two attached hydrogens (primary N) is 1. The van der Waals surface area contributed by atoms with Gasteiger partial charge in [0.15, 0.2) is 0 Å². The average Bonchev–Trinajstić information content (AvgIpc) is 3.30. The second kappa shape index (κ2) is 6.51. The monoisotopic (exact) mass is 348 g/mol. The van der Waals surface area contributed by atoms with E-state index >= 15 is 0 Å². The Balaban J connectivity index is 1.77. The molecule has 2 atom stereocenters. The molecule has 3 rings (SSSR count). The third-order valence-electron chi connectivity index (χ3n) is 4.63. The number of primary amides is 1. The minimum absolute atomic E-state index is 0.0875. The summed E-state index contributed by atoms with van der Waals surface area (Å²) in [6.07, 6.45) is 2.19. The third-order valence-corrected chi connectivity index (χ3v) is 6.12. The largest absolute Gasteiger partial charge is 0.369 e. The van der Waals surface area contributed by atoms with Crippen LogP contribution in [0.3, 0.4) is 0 Å². The van der Waals surface area contributed by atoms with E-state index in [1.54, 1.807) is 12.1 Å². The summed E-state index contributed by atoms with van der Waals surface area (Å²) in [7, 11) is -3.71. The zero-order valence-corrected chi connectivity index (χ0v) is 14.0. The van der Waals surface area contributed by atoms with E-state index in [9.17, 15) is 13.2 Å². The van der Waals surface area contributed by atoms with Crippen LogP contribution in [0.1, 0.15) is 18.4 Å². The number of sulfonamides is 1. The summed E-state index contributed by atoms with van der Waals surface area (Å²) >= 11 is 0. The van der Waals surface area contributed by atoms with E-state index in [-0.39, 0.29) is 23.4 Å². The molecule has 1 aliphatic heterocycles. The fourth-order valence-electron chi connectivity index (χ4n) is 3.39. The van der Waals surface area contributed by atoms with Crippen molar-refractivity contribution < 1.29 is 13.2 Å². The Morgan fingerprint density at radius 3 is 2.75 bits per heavy atom. The highest BCUT2D eigenvalue weighted by atomic mass is 32.2. The molecular formula is C16H20N4O3S. The summed E-state index contributed by atoms with van der Waals surface area (Å²) in [5.74, 6) is 0.286. The molecule has 1 aromatic carbocycles. The maximum atomic E-state index is 12.6. The summed E-state index contributed by atoms with van der Waals surface area (Å²) < 4.78 is 28.1. The van der Waals surface area contributed by atoms with Crippen molar-refractivity contribution in [3.8, 4) is 6.07 Å². The van der Waals surface area contributed by atoms with Crippen molar-refractivity contribution in [3.63, 3.8) is 0 Å². The average molecular weight is 348 g/mol. The molecule has 1 heterocycles. The second-order valence-corrected chi connectivity index (χ2v) is 8.24. The third kappa shape index (κ3) is 3.75. The Labute approximate surface area is 141 Å². The lowest BCUT2D eigenvalue weighted by Crippen LogP contribution is -2.41. The molecule has 7 nitrogen and oxygen atoms in total. The molecule has 3 N–H and O–H groups in total. The molecular weight excluding hydrogens is 328 g/mol. The molecule has 0 bridgehead atoms. The minimum atomic E-state index is -3.71. The van der Waals surface area contributed by atoms with Gasteiger partial charge in [-0.1, -0.05) is 6.07 Å². The lowest BCUT2D eigenvalue weighted by atomic mass is 9.99. The van der Waals surface area contributed by atoms with Gasteiger partial charge in [0, 0.05) is 19.1 Å². The van der Waals surface area contributed by atoms with E-state index in [0.29, 0.717) is 24.6 Å². The number of likely N-dealkylation sites (tertiary alicyclic amines) is 1. The van der Waals surface area contributed by atoms with E-state index in [1.165, 1.54) is 12.1 Å². The SMILES string of the molecule is N#Cc1cccc(S(=O)(=O)N[C@H]2CN(CC(N)=O)C[C@@H]2C2CC2)c1. The normalized spacial score (nSPS) is 24.6. The predicted molar refractivity (Wildman–Crippen MR) is 87.1 cm³/mol. The Morgan fingerprint density at radius 2 is 2.12 bits per heavy atom. The van der Waals surface area contributed by atoms with Crippen LogP contribution < -0.4 is 10.5 Å². The first kappa shape index (κ1) is 16.9. The smallest absolute Gasteiger partial charge is 0.240 e. The highest BCUT2D eigenvalue weighted by molar-refractivity contribution is 7.89. The maximum absolute atomic E-state index is 12.6.